The second-order valence-electron chi connectivity index (χ2n) is 5.70. The number of carbonyl (C=O) groups is 1. The van der Waals surface area contributed by atoms with Crippen LogP contribution in [0.25, 0.3) is 0 Å². The molecule has 22 heavy (non-hydrogen) atoms. The second kappa shape index (κ2) is 6.65. The molecule has 0 fully saturated rings. The van der Waals surface area contributed by atoms with Crippen molar-refractivity contribution in [3.63, 3.8) is 0 Å². The van der Waals surface area contributed by atoms with Crippen molar-refractivity contribution < 1.29 is 4.79 Å². The van der Waals surface area contributed by atoms with Crippen LogP contribution < -0.4 is 10.2 Å². The highest BCUT2D eigenvalue weighted by molar-refractivity contribution is 6.05. The zero-order valence-corrected chi connectivity index (χ0v) is 13.0. The van der Waals surface area contributed by atoms with Crippen molar-refractivity contribution in [3.05, 3.63) is 60.2 Å². The van der Waals surface area contributed by atoms with Gasteiger partial charge in [0.1, 0.15) is 6.04 Å². The van der Waals surface area contributed by atoms with Crippen molar-refractivity contribution in [2.24, 2.45) is 0 Å². The van der Waals surface area contributed by atoms with Gasteiger partial charge in [0.15, 0.2) is 0 Å². The van der Waals surface area contributed by atoms with E-state index in [1.165, 1.54) is 0 Å². The van der Waals surface area contributed by atoms with Gasteiger partial charge in [0, 0.05) is 6.54 Å². The first-order valence-corrected chi connectivity index (χ1v) is 8.03. The molecule has 0 aliphatic carbocycles. The molecule has 2 aromatic rings. The monoisotopic (exact) mass is 294 g/mol. The van der Waals surface area contributed by atoms with Gasteiger partial charge in [-0.05, 0) is 24.1 Å². The number of nitrogens with zero attached hydrogens (tertiary/aromatic N) is 1. The van der Waals surface area contributed by atoms with Crippen LogP contribution in [-0.4, -0.2) is 12.5 Å². The fourth-order valence-corrected chi connectivity index (χ4v) is 2.94. The predicted molar refractivity (Wildman–Crippen MR) is 91.1 cm³/mol. The smallest absolute Gasteiger partial charge is 0.254 e. The predicted octanol–water partition coefficient (Wildman–Crippen LogP) is 4.38. The summed E-state index contributed by atoms with van der Waals surface area (Å²) >= 11 is 0. The zero-order chi connectivity index (χ0) is 15.4. The molecule has 0 spiro atoms. The summed E-state index contributed by atoms with van der Waals surface area (Å²) in [5.74, 6) is 0.140. The van der Waals surface area contributed by atoms with Crippen LogP contribution in [0.2, 0.25) is 0 Å². The molecule has 114 valence electrons. The van der Waals surface area contributed by atoms with Gasteiger partial charge in [-0.15, -0.1) is 0 Å². The Morgan fingerprint density at radius 3 is 2.50 bits per heavy atom. The molecular weight excluding hydrogens is 272 g/mol. The first-order valence-electron chi connectivity index (χ1n) is 8.03. The molecular formula is C19H22N2O. The Hall–Kier alpha value is -2.29. The minimum Gasteiger partial charge on any atom is -0.368 e. The fraction of sp³-hybridized carbons (Fsp3) is 0.316. The van der Waals surface area contributed by atoms with Gasteiger partial charge in [-0.1, -0.05) is 62.2 Å². The summed E-state index contributed by atoms with van der Waals surface area (Å²) in [5, 5.41) is 3.39. The number of nitrogens with one attached hydrogen (secondary N) is 1. The summed E-state index contributed by atoms with van der Waals surface area (Å²) in [7, 11) is 0. The Bertz CT molecular complexity index is 639. The first kappa shape index (κ1) is 14.6. The van der Waals surface area contributed by atoms with E-state index in [0.717, 1.165) is 42.7 Å². The molecule has 1 heterocycles. The quantitative estimate of drug-likeness (QED) is 0.830. The molecule has 0 aromatic heterocycles. The normalized spacial score (nSPS) is 17.0. The van der Waals surface area contributed by atoms with Crippen molar-refractivity contribution in [3.8, 4) is 0 Å². The van der Waals surface area contributed by atoms with Gasteiger partial charge in [-0.3, -0.25) is 4.79 Å². The van der Waals surface area contributed by atoms with Crippen LogP contribution in [0, 0.1) is 0 Å². The van der Waals surface area contributed by atoms with Crippen LogP contribution in [0.4, 0.5) is 11.4 Å². The van der Waals surface area contributed by atoms with Gasteiger partial charge in [0.05, 0.1) is 11.4 Å². The van der Waals surface area contributed by atoms with Crippen LogP contribution in [0.3, 0.4) is 0 Å². The minimum atomic E-state index is -0.294. The molecule has 0 radical (unpaired) electrons. The molecule has 3 heteroatoms. The number of rotatable bonds is 5. The van der Waals surface area contributed by atoms with Crippen molar-refractivity contribution in [2.75, 3.05) is 16.8 Å². The third-order valence-electron chi connectivity index (χ3n) is 4.13. The van der Waals surface area contributed by atoms with E-state index in [1.807, 2.05) is 59.5 Å². The molecule has 2 aromatic carbocycles. The highest BCUT2D eigenvalue weighted by Crippen LogP contribution is 2.36. The Morgan fingerprint density at radius 1 is 1.00 bits per heavy atom. The standard InChI is InChI=1S/C19H22N2O/c1-2-3-9-14-21-17-13-8-7-12-16(17)20-18(19(21)22)15-10-5-4-6-11-15/h4-8,10-13,18,20H,2-3,9,14H2,1H3. The van der Waals surface area contributed by atoms with E-state index in [9.17, 15) is 4.79 Å². The largest absolute Gasteiger partial charge is 0.368 e. The van der Waals surface area contributed by atoms with Crippen molar-refractivity contribution in [1.82, 2.24) is 0 Å². The lowest BCUT2D eigenvalue weighted by atomic mass is 10.0. The number of amides is 1. The third kappa shape index (κ3) is 2.84. The third-order valence-corrected chi connectivity index (χ3v) is 4.13. The molecule has 1 amide bonds. The average Bonchev–Trinajstić information content (AvgIpc) is 2.57. The Balaban J connectivity index is 1.92. The van der Waals surface area contributed by atoms with E-state index >= 15 is 0 Å². The Kier molecular flexibility index (Phi) is 4.42. The Labute approximate surface area is 132 Å². The molecule has 1 aliphatic heterocycles. The van der Waals surface area contributed by atoms with Crippen LogP contribution in [0.5, 0.6) is 0 Å². The fourth-order valence-electron chi connectivity index (χ4n) is 2.94. The maximum atomic E-state index is 12.9. The number of hydrogen-bond donors (Lipinski definition) is 1. The number of carbonyl (C=O) groups excluding carboxylic acids is 1. The van der Waals surface area contributed by atoms with E-state index < -0.39 is 0 Å². The van der Waals surface area contributed by atoms with E-state index in [2.05, 4.69) is 12.2 Å². The summed E-state index contributed by atoms with van der Waals surface area (Å²) in [6, 6.07) is 17.7. The van der Waals surface area contributed by atoms with E-state index in [-0.39, 0.29) is 11.9 Å². The zero-order valence-electron chi connectivity index (χ0n) is 13.0. The molecule has 3 nitrogen and oxygen atoms in total. The Morgan fingerprint density at radius 2 is 1.73 bits per heavy atom. The number of unbranched alkanes of at least 4 members (excludes halogenated alkanes) is 2. The van der Waals surface area contributed by atoms with Crippen molar-refractivity contribution >= 4 is 17.3 Å². The highest BCUT2D eigenvalue weighted by Gasteiger charge is 2.32. The lowest BCUT2D eigenvalue weighted by Crippen LogP contribution is -2.42. The topological polar surface area (TPSA) is 32.3 Å². The molecule has 1 unspecified atom stereocenters. The van der Waals surface area contributed by atoms with Crippen LogP contribution in [0.1, 0.15) is 37.8 Å². The summed E-state index contributed by atoms with van der Waals surface area (Å²) < 4.78 is 0. The SMILES string of the molecule is CCCCCN1C(=O)C(c2ccccc2)Nc2ccccc21. The lowest BCUT2D eigenvalue weighted by Gasteiger charge is -2.35. The van der Waals surface area contributed by atoms with Gasteiger partial charge in [0.2, 0.25) is 0 Å². The number of hydrogen-bond acceptors (Lipinski definition) is 2. The maximum Gasteiger partial charge on any atom is 0.254 e. The molecule has 0 saturated heterocycles. The van der Waals surface area contributed by atoms with Crippen molar-refractivity contribution in [1.29, 1.82) is 0 Å². The summed E-state index contributed by atoms with van der Waals surface area (Å²) in [6.07, 6.45) is 3.34. The number of benzene rings is 2. The van der Waals surface area contributed by atoms with Gasteiger partial charge in [-0.25, -0.2) is 0 Å². The number of fused-ring (bicyclic) bond motifs is 1. The molecule has 3 rings (SSSR count). The van der Waals surface area contributed by atoms with Gasteiger partial charge in [-0.2, -0.15) is 0 Å². The molecule has 0 bridgehead atoms. The molecule has 0 saturated carbocycles. The lowest BCUT2D eigenvalue weighted by molar-refractivity contribution is -0.119. The number of anilines is 2. The van der Waals surface area contributed by atoms with Crippen LogP contribution in [0.15, 0.2) is 54.6 Å². The summed E-state index contributed by atoms with van der Waals surface area (Å²) in [5.41, 5.74) is 3.05. The van der Waals surface area contributed by atoms with Gasteiger partial charge >= 0.3 is 0 Å². The molecule has 1 N–H and O–H groups in total. The molecule has 1 atom stereocenters. The first-order chi connectivity index (χ1) is 10.8. The number of para-hydroxylation sites is 2. The van der Waals surface area contributed by atoms with Gasteiger partial charge < -0.3 is 10.2 Å². The minimum absolute atomic E-state index is 0.140. The maximum absolute atomic E-state index is 12.9. The van der Waals surface area contributed by atoms with E-state index in [4.69, 9.17) is 0 Å². The van der Waals surface area contributed by atoms with Crippen molar-refractivity contribution in [2.45, 2.75) is 32.2 Å². The highest BCUT2D eigenvalue weighted by atomic mass is 16.2. The molecule has 1 aliphatic rings. The average molecular weight is 294 g/mol. The second-order valence-corrected chi connectivity index (χ2v) is 5.70. The van der Waals surface area contributed by atoms with E-state index in [1.54, 1.807) is 0 Å². The summed E-state index contributed by atoms with van der Waals surface area (Å²) in [6.45, 7) is 2.97. The van der Waals surface area contributed by atoms with E-state index in [0.29, 0.717) is 0 Å². The van der Waals surface area contributed by atoms with Crippen LogP contribution >= 0.6 is 0 Å². The summed E-state index contributed by atoms with van der Waals surface area (Å²) in [4.78, 5) is 14.9. The van der Waals surface area contributed by atoms with Crippen LogP contribution in [-0.2, 0) is 4.79 Å². The van der Waals surface area contributed by atoms with Gasteiger partial charge in [0.25, 0.3) is 5.91 Å².